The highest BCUT2D eigenvalue weighted by atomic mass is 79.9. The first-order chi connectivity index (χ1) is 32.0. The van der Waals surface area contributed by atoms with Crippen molar-refractivity contribution in [3.63, 3.8) is 0 Å². The Balaban J connectivity index is 0.883. The second-order valence-corrected chi connectivity index (χ2v) is 22.5. The van der Waals surface area contributed by atoms with Crippen LogP contribution in [-0.2, 0) is 52.1 Å². The lowest BCUT2D eigenvalue weighted by Crippen LogP contribution is -2.63. The van der Waals surface area contributed by atoms with Crippen molar-refractivity contribution in [2.45, 2.75) is 147 Å². The number of nitrogens with one attached hydrogen (secondary N) is 3. The molecule has 1 aromatic carbocycles. The van der Waals surface area contributed by atoms with E-state index in [1.54, 1.807) is 39.0 Å². The lowest BCUT2D eigenvalue weighted by atomic mass is 9.46. The molecule has 6 aliphatic carbocycles. The fraction of sp³-hybridized carbons (Fsp3) is 0.667. The van der Waals surface area contributed by atoms with Gasteiger partial charge in [-0.25, -0.2) is 4.39 Å². The van der Waals surface area contributed by atoms with E-state index in [1.807, 2.05) is 19.9 Å². The third-order valence-corrected chi connectivity index (χ3v) is 16.6. The van der Waals surface area contributed by atoms with E-state index in [2.05, 4.69) is 31.9 Å². The monoisotopic (exact) mass is 1030 g/mol. The van der Waals surface area contributed by atoms with Crippen LogP contribution in [0, 0.1) is 39.8 Å². The maximum absolute atomic E-state index is 16.2. The maximum Gasteiger partial charge on any atom is 0.488 e. The molecule has 1 heterocycles. The van der Waals surface area contributed by atoms with Crippen molar-refractivity contribution in [2.75, 3.05) is 18.5 Å². The second-order valence-electron chi connectivity index (χ2n) is 21.3. The molecule has 3 amide bonds. The van der Waals surface area contributed by atoms with E-state index in [9.17, 15) is 43.3 Å². The summed E-state index contributed by atoms with van der Waals surface area (Å²) >= 11 is 3.02. The Bertz CT molecular complexity index is 2310. The number of carbonyl (C=O) groups excluding carboxylic acids is 6. The van der Waals surface area contributed by atoms with Crippen LogP contribution in [0.25, 0.3) is 0 Å². The van der Waals surface area contributed by atoms with Crippen molar-refractivity contribution in [3.8, 4) is 5.75 Å². The Morgan fingerprint density at radius 3 is 2.50 bits per heavy atom. The summed E-state index contributed by atoms with van der Waals surface area (Å²) in [4.78, 5) is 88.3. The third-order valence-electron chi connectivity index (χ3n) is 15.8. The molecule has 1 saturated heterocycles. The number of esters is 1. The van der Waals surface area contributed by atoms with Gasteiger partial charge in [-0.15, -0.1) is 4.52 Å². The Labute approximate surface area is 403 Å². The number of fused-ring (bicyclic) bond motifs is 7. The summed E-state index contributed by atoms with van der Waals surface area (Å²) < 4.78 is 57.2. The number of rotatable bonds is 16. The van der Waals surface area contributed by atoms with Crippen molar-refractivity contribution < 1.29 is 71.2 Å². The first-order valence-electron chi connectivity index (χ1n) is 23.3. The van der Waals surface area contributed by atoms with Gasteiger partial charge in [-0.2, -0.15) is 0 Å². The van der Waals surface area contributed by atoms with Crippen LogP contribution in [0.4, 0.5) is 4.39 Å². The second kappa shape index (κ2) is 19.0. The first kappa shape index (κ1) is 50.4. The fourth-order valence-corrected chi connectivity index (χ4v) is 13.4. The summed E-state index contributed by atoms with van der Waals surface area (Å²) in [5, 5.41) is 20.1. The number of ketones is 2. The minimum atomic E-state index is -3.37. The normalized spacial score (nSPS) is 36.0. The molecule has 0 bridgehead atoms. The summed E-state index contributed by atoms with van der Waals surface area (Å²) in [5.74, 6) is -3.68. The number of ether oxygens (including phenoxy) is 4. The molecule has 17 nitrogen and oxygen atoms in total. The van der Waals surface area contributed by atoms with Crippen molar-refractivity contribution >= 4 is 59.4 Å². The van der Waals surface area contributed by atoms with Crippen molar-refractivity contribution in [3.05, 3.63) is 53.4 Å². The smallest absolute Gasteiger partial charge is 0.488 e. The molecular formula is C48H60BrFN3O14P. The van der Waals surface area contributed by atoms with E-state index in [0.717, 1.165) is 5.57 Å². The highest BCUT2D eigenvalue weighted by molar-refractivity contribution is 9.09. The predicted molar refractivity (Wildman–Crippen MR) is 241 cm³/mol. The molecule has 6 fully saturated rings. The van der Waals surface area contributed by atoms with E-state index < -0.39 is 96.7 Å². The summed E-state index contributed by atoms with van der Waals surface area (Å²) in [6.07, 6.45) is 5.96. The quantitative estimate of drug-likeness (QED) is 0.102. The first-order valence-corrected chi connectivity index (χ1v) is 25.6. The molecule has 370 valence electrons. The Morgan fingerprint density at radius 1 is 1.09 bits per heavy atom. The average Bonchev–Trinajstić information content (AvgIpc) is 3.73. The Hall–Kier alpha value is -3.97. The molecule has 4 N–H and O–H groups in total. The van der Waals surface area contributed by atoms with Gasteiger partial charge in [0.05, 0.1) is 30.2 Å². The number of aliphatic hydroxyl groups is 1. The van der Waals surface area contributed by atoms with Crippen molar-refractivity contribution in [2.24, 2.45) is 34.0 Å². The molecule has 20 heteroatoms. The van der Waals surface area contributed by atoms with Gasteiger partial charge in [0.15, 0.2) is 30.1 Å². The van der Waals surface area contributed by atoms with Crippen LogP contribution in [0.5, 0.6) is 5.75 Å². The van der Waals surface area contributed by atoms with Crippen LogP contribution >= 0.6 is 24.2 Å². The number of halogens is 2. The fourth-order valence-electron chi connectivity index (χ4n) is 13.0. The van der Waals surface area contributed by atoms with Gasteiger partial charge >= 0.3 is 14.2 Å². The molecule has 1 unspecified atom stereocenters. The minimum absolute atomic E-state index is 0.00549. The van der Waals surface area contributed by atoms with Gasteiger partial charge in [-0.1, -0.05) is 41.4 Å². The zero-order valence-corrected chi connectivity index (χ0v) is 41.3. The van der Waals surface area contributed by atoms with E-state index in [-0.39, 0.29) is 83.5 Å². The van der Waals surface area contributed by atoms with Gasteiger partial charge in [-0.05, 0) is 125 Å². The number of hydrogen-bond acceptors (Lipinski definition) is 14. The zero-order valence-electron chi connectivity index (χ0n) is 38.8. The average molecular weight is 1030 g/mol. The molecule has 11 atom stereocenters. The van der Waals surface area contributed by atoms with Crippen molar-refractivity contribution in [1.82, 2.24) is 16.0 Å². The molecule has 0 radical (unpaired) electrons. The third kappa shape index (κ3) is 9.61. The van der Waals surface area contributed by atoms with Crippen LogP contribution in [0.15, 0.2) is 42.0 Å². The van der Waals surface area contributed by atoms with Gasteiger partial charge in [-0.3, -0.25) is 28.8 Å². The number of benzene rings is 1. The number of amides is 3. The van der Waals surface area contributed by atoms with E-state index in [4.69, 9.17) is 23.5 Å². The largest absolute Gasteiger partial charge is 0.566 e. The van der Waals surface area contributed by atoms with Crippen LogP contribution in [0.3, 0.4) is 0 Å². The molecule has 1 spiro atoms. The van der Waals surface area contributed by atoms with E-state index >= 15 is 4.39 Å². The molecule has 68 heavy (non-hydrogen) atoms. The SMILES string of the molecule is CC(C)(C)OC(=O)CC[C@H](NC(=O)CNC(=O)CBr)C(=O)NC1CC2(C1)CC(Oc1ccc([C@@H]3O[C@@H]4C[C@H]5[C@@H]6CCC7=CC(=O)C=C[C@]7(C)[C@H]6[C@@H](O)C[C@]5(C)[C@]4(C(=O)CO[P+](=O)[O-])O3)c(F)c1)C2. The summed E-state index contributed by atoms with van der Waals surface area (Å²) in [7, 11) is -3.37. The lowest BCUT2D eigenvalue weighted by Gasteiger charge is -2.59. The minimum Gasteiger partial charge on any atom is -0.566 e. The summed E-state index contributed by atoms with van der Waals surface area (Å²) in [6.45, 7) is 7.94. The van der Waals surface area contributed by atoms with Crippen LogP contribution in [0.1, 0.15) is 111 Å². The lowest BCUT2D eigenvalue weighted by molar-refractivity contribution is -0.204. The number of aliphatic hydroxyl groups excluding tert-OH is 1. The van der Waals surface area contributed by atoms with Gasteiger partial charge in [0.2, 0.25) is 17.7 Å². The Kier molecular flexibility index (Phi) is 14.1. The molecule has 1 aromatic rings. The van der Waals surface area contributed by atoms with E-state index in [1.165, 1.54) is 12.1 Å². The van der Waals surface area contributed by atoms with Gasteiger partial charge in [0.1, 0.15) is 23.2 Å². The van der Waals surface area contributed by atoms with Crippen LogP contribution in [-0.4, -0.2) is 100 Å². The standard InChI is InChI=1S/C48H60BrFN3O14P/c1-44(2,3)66-40(59)11-10-34(53-39(58)23-51-38(57)22-49)42(60)52-26-17-47(18-26)19-29(20-47)64-28-7-9-31(33(50)15-28)43-65-37-16-32-30-8-6-25-14-27(54)12-13-45(25,4)41(30)35(55)21-46(32,5)48(37,67-43)36(56)24-63-68(61)62/h7,9,12-15,26,29-30,32,34-35,37,41,43,55H,6,8,10-11,16-24H2,1-5H3,(H,51,57)(H,52,60)(H,53,58)/t26?,29?,30-,32-,34-,35-,37+,41+,43+,45-,46-,47?,48+/m0/s1. The number of allylic oxidation sites excluding steroid dienone is 4. The van der Waals surface area contributed by atoms with E-state index in [0.29, 0.717) is 44.9 Å². The van der Waals surface area contributed by atoms with Crippen molar-refractivity contribution in [1.29, 1.82) is 0 Å². The van der Waals surface area contributed by atoms with Gasteiger partial charge < -0.3 is 44.9 Å². The number of carbonyl (C=O) groups is 6. The van der Waals surface area contributed by atoms with Crippen LogP contribution in [0.2, 0.25) is 0 Å². The highest BCUT2D eigenvalue weighted by Crippen LogP contribution is 2.70. The molecule has 5 saturated carbocycles. The van der Waals surface area contributed by atoms with Gasteiger partial charge in [0, 0.05) is 40.8 Å². The number of hydrogen-bond donors (Lipinski definition) is 4. The molecule has 0 aromatic heterocycles. The number of alkyl halides is 1. The zero-order chi connectivity index (χ0) is 49.1. The summed E-state index contributed by atoms with van der Waals surface area (Å²) in [6, 6.07) is 3.09. The molecule has 8 rings (SSSR count). The highest BCUT2D eigenvalue weighted by Gasteiger charge is 2.76. The molecule has 1 aliphatic heterocycles. The topological polar surface area (TPSA) is 245 Å². The number of Topliss-reactive ketones (excluding diaryl/α,β-unsaturated/α-hetero) is 1. The molecule has 7 aliphatic rings. The van der Waals surface area contributed by atoms with Gasteiger partial charge in [0.25, 0.3) is 0 Å². The predicted octanol–water partition coefficient (Wildman–Crippen LogP) is 4.39. The Morgan fingerprint density at radius 2 is 1.82 bits per heavy atom. The summed E-state index contributed by atoms with van der Waals surface area (Å²) in [5.41, 5.74) is -3.21. The molecular weight excluding hydrogens is 972 g/mol. The maximum atomic E-state index is 16.2. The van der Waals surface area contributed by atoms with Crippen LogP contribution < -0.4 is 25.6 Å².